The van der Waals surface area contributed by atoms with Crippen LogP contribution >= 0.6 is 11.6 Å². The predicted octanol–water partition coefficient (Wildman–Crippen LogP) is 2.99. The second kappa shape index (κ2) is 11.1. The van der Waals surface area contributed by atoms with E-state index in [-0.39, 0.29) is 36.4 Å². The van der Waals surface area contributed by atoms with Gasteiger partial charge in [0.25, 0.3) is 0 Å². The molecule has 1 fully saturated rings. The van der Waals surface area contributed by atoms with E-state index in [4.69, 9.17) is 16.0 Å². The van der Waals surface area contributed by atoms with E-state index in [1.54, 1.807) is 19.2 Å². The van der Waals surface area contributed by atoms with Crippen molar-refractivity contribution in [3.05, 3.63) is 35.3 Å². The van der Waals surface area contributed by atoms with Crippen LogP contribution in [0.2, 0.25) is 5.28 Å². The minimum absolute atomic E-state index is 0.0804. The molecule has 12 heteroatoms. The summed E-state index contributed by atoms with van der Waals surface area (Å²) in [6.07, 6.45) is 6.42. The molecule has 0 bridgehead atoms. The summed E-state index contributed by atoms with van der Waals surface area (Å²) < 4.78 is 20.3. The molecule has 1 atom stereocenters. The normalized spacial score (nSPS) is 14.8. The molecule has 3 N–H and O–H groups in total. The molecule has 2 amide bonds. The minimum Gasteiger partial charge on any atom is -0.467 e. The molecule has 0 spiro atoms. The van der Waals surface area contributed by atoms with Crippen molar-refractivity contribution in [3.63, 3.8) is 0 Å². The van der Waals surface area contributed by atoms with Crippen molar-refractivity contribution < 1.29 is 23.6 Å². The van der Waals surface area contributed by atoms with Crippen molar-refractivity contribution >= 4 is 35.6 Å². The molecule has 2 aromatic rings. The molecule has 2 heterocycles. The molecule has 0 unspecified atom stereocenters. The second-order valence-corrected chi connectivity index (χ2v) is 8.18. The number of halogens is 2. The Hall–Kier alpha value is -2.92. The Bertz CT molecular complexity index is 910. The third-order valence-corrected chi connectivity index (χ3v) is 5.61. The molecule has 0 aliphatic heterocycles. The number of rotatable bonds is 11. The number of hydroxylamine groups is 2. The molecule has 0 radical (unpaired) electrons. The summed E-state index contributed by atoms with van der Waals surface area (Å²) in [6, 6.07) is 3.46. The number of hydrazine groups is 1. The number of anilines is 2. The maximum absolute atomic E-state index is 15.0. The number of aromatic nitrogens is 2. The third kappa shape index (κ3) is 6.30. The van der Waals surface area contributed by atoms with Crippen LogP contribution in [-0.2, 0) is 16.1 Å². The van der Waals surface area contributed by atoms with Crippen LogP contribution in [0.4, 0.5) is 16.0 Å². The van der Waals surface area contributed by atoms with Gasteiger partial charge < -0.3 is 9.32 Å². The standard InChI is InChI=1S/C20H26ClFN6O4/c1-27(11-15-7-4-8-32-15)18-16(22)17(23-20(21)24-18)25-26-19(30)14(10-28(31)12-29)9-13-5-2-3-6-13/h4,7-8,12-14,31H,2-3,5-6,9-11H2,1H3,(H,26,30)(H,23,24,25)/t14-/m1/s1. The number of hydrogen-bond acceptors (Lipinski definition) is 8. The van der Waals surface area contributed by atoms with Gasteiger partial charge in [0.1, 0.15) is 5.76 Å². The van der Waals surface area contributed by atoms with Crippen LogP contribution in [0.3, 0.4) is 0 Å². The van der Waals surface area contributed by atoms with Crippen LogP contribution in [0.5, 0.6) is 0 Å². The number of amides is 2. The van der Waals surface area contributed by atoms with E-state index in [1.807, 2.05) is 0 Å². The average Bonchev–Trinajstić information content (AvgIpc) is 3.47. The maximum atomic E-state index is 15.0. The van der Waals surface area contributed by atoms with Gasteiger partial charge in [0, 0.05) is 7.05 Å². The van der Waals surface area contributed by atoms with E-state index in [2.05, 4.69) is 20.8 Å². The fourth-order valence-electron chi connectivity index (χ4n) is 3.86. The summed E-state index contributed by atoms with van der Waals surface area (Å²) in [4.78, 5) is 32.8. The molecule has 0 saturated heterocycles. The highest BCUT2D eigenvalue weighted by Gasteiger charge is 2.27. The van der Waals surface area contributed by atoms with Gasteiger partial charge in [-0.3, -0.25) is 25.6 Å². The van der Waals surface area contributed by atoms with Crippen LogP contribution in [0.1, 0.15) is 37.9 Å². The lowest BCUT2D eigenvalue weighted by atomic mass is 9.92. The second-order valence-electron chi connectivity index (χ2n) is 7.84. The number of carbonyl (C=O) groups is 2. The fourth-order valence-corrected chi connectivity index (χ4v) is 4.02. The number of carbonyl (C=O) groups excluding carboxylic acids is 2. The Morgan fingerprint density at radius 3 is 2.84 bits per heavy atom. The van der Waals surface area contributed by atoms with Crippen molar-refractivity contribution in [2.45, 2.75) is 38.6 Å². The van der Waals surface area contributed by atoms with Crippen LogP contribution in [0, 0.1) is 17.7 Å². The van der Waals surface area contributed by atoms with Gasteiger partial charge >= 0.3 is 0 Å². The zero-order valence-corrected chi connectivity index (χ0v) is 18.4. The monoisotopic (exact) mass is 468 g/mol. The number of nitrogens with zero attached hydrogens (tertiary/aromatic N) is 4. The van der Waals surface area contributed by atoms with Gasteiger partial charge in [0.15, 0.2) is 11.6 Å². The van der Waals surface area contributed by atoms with Crippen LogP contribution in [0.15, 0.2) is 22.8 Å². The fraction of sp³-hybridized carbons (Fsp3) is 0.500. The molecule has 0 aromatic carbocycles. The van der Waals surface area contributed by atoms with E-state index in [1.165, 1.54) is 11.2 Å². The van der Waals surface area contributed by atoms with Crippen LogP contribution in [-0.4, -0.2) is 46.1 Å². The average molecular weight is 469 g/mol. The molecule has 1 aliphatic rings. The van der Waals surface area contributed by atoms with Crippen molar-refractivity contribution in [2.24, 2.45) is 11.8 Å². The first-order valence-electron chi connectivity index (χ1n) is 10.3. The van der Waals surface area contributed by atoms with E-state index in [9.17, 15) is 14.8 Å². The largest absolute Gasteiger partial charge is 0.467 e. The van der Waals surface area contributed by atoms with E-state index in [0.29, 0.717) is 23.2 Å². The summed E-state index contributed by atoms with van der Waals surface area (Å²) in [5, 5.41) is 9.79. The third-order valence-electron chi connectivity index (χ3n) is 5.44. The first-order chi connectivity index (χ1) is 15.4. The SMILES string of the molecule is CN(Cc1ccco1)c1nc(Cl)nc(NNC(=O)[C@H](CC2CCCC2)CN(O)C=O)c1F. The Kier molecular flexibility index (Phi) is 8.23. The molecule has 1 saturated carbocycles. The van der Waals surface area contributed by atoms with E-state index >= 15 is 4.39 Å². The summed E-state index contributed by atoms with van der Waals surface area (Å²) in [5.41, 5.74) is 4.87. The number of nitrogens with one attached hydrogen (secondary N) is 2. The van der Waals surface area contributed by atoms with Gasteiger partial charge in [-0.05, 0) is 36.1 Å². The van der Waals surface area contributed by atoms with Crippen molar-refractivity contribution in [1.82, 2.24) is 20.5 Å². The van der Waals surface area contributed by atoms with Crippen molar-refractivity contribution in [3.8, 4) is 0 Å². The van der Waals surface area contributed by atoms with Crippen molar-refractivity contribution in [1.29, 1.82) is 0 Å². The van der Waals surface area contributed by atoms with Crippen LogP contribution < -0.4 is 15.8 Å². The smallest absolute Gasteiger partial charge is 0.243 e. The lowest BCUT2D eigenvalue weighted by molar-refractivity contribution is -0.154. The van der Waals surface area contributed by atoms with Gasteiger partial charge in [-0.15, -0.1) is 0 Å². The Balaban J connectivity index is 1.68. The molecule has 10 nitrogen and oxygen atoms in total. The highest BCUT2D eigenvalue weighted by Crippen LogP contribution is 2.31. The minimum atomic E-state index is -0.812. The number of hydrogen-bond donors (Lipinski definition) is 3. The van der Waals surface area contributed by atoms with E-state index in [0.717, 1.165) is 25.7 Å². The summed E-state index contributed by atoms with van der Waals surface area (Å²) in [5.74, 6) is -1.45. The molecule has 32 heavy (non-hydrogen) atoms. The molecular formula is C20H26ClFN6O4. The predicted molar refractivity (Wildman–Crippen MR) is 114 cm³/mol. The lowest BCUT2D eigenvalue weighted by Gasteiger charge is -2.23. The molecule has 3 rings (SSSR count). The highest BCUT2D eigenvalue weighted by atomic mass is 35.5. The van der Waals surface area contributed by atoms with E-state index < -0.39 is 17.6 Å². The Morgan fingerprint density at radius 2 is 2.19 bits per heavy atom. The summed E-state index contributed by atoms with van der Waals surface area (Å²) in [6.45, 7) is 0.0716. The quantitative estimate of drug-likeness (QED) is 0.199. The van der Waals surface area contributed by atoms with Gasteiger partial charge in [0.2, 0.25) is 23.4 Å². The molecular weight excluding hydrogens is 443 g/mol. The van der Waals surface area contributed by atoms with Gasteiger partial charge in [-0.25, -0.2) is 5.06 Å². The highest BCUT2D eigenvalue weighted by molar-refractivity contribution is 6.28. The molecule has 174 valence electrons. The summed E-state index contributed by atoms with van der Waals surface area (Å²) in [7, 11) is 1.61. The van der Waals surface area contributed by atoms with Gasteiger partial charge in [-0.1, -0.05) is 25.7 Å². The van der Waals surface area contributed by atoms with Gasteiger partial charge in [0.05, 0.1) is 25.3 Å². The van der Waals surface area contributed by atoms with Crippen LogP contribution in [0.25, 0.3) is 0 Å². The topological polar surface area (TPSA) is 124 Å². The zero-order chi connectivity index (χ0) is 23.1. The Morgan fingerprint density at radius 1 is 1.44 bits per heavy atom. The first kappa shape index (κ1) is 23.7. The number of furan rings is 1. The maximum Gasteiger partial charge on any atom is 0.243 e. The Labute approximate surface area is 189 Å². The lowest BCUT2D eigenvalue weighted by Crippen LogP contribution is -2.41. The zero-order valence-electron chi connectivity index (χ0n) is 17.6. The first-order valence-corrected chi connectivity index (χ1v) is 10.7. The molecule has 2 aromatic heterocycles. The van der Waals surface area contributed by atoms with Gasteiger partial charge in [-0.2, -0.15) is 14.4 Å². The van der Waals surface area contributed by atoms with Crippen molar-refractivity contribution in [2.75, 3.05) is 23.9 Å². The summed E-state index contributed by atoms with van der Waals surface area (Å²) >= 11 is 5.96. The molecule has 1 aliphatic carbocycles.